The van der Waals surface area contributed by atoms with Gasteiger partial charge in [-0.05, 0) is 36.6 Å². The van der Waals surface area contributed by atoms with Gasteiger partial charge in [-0.2, -0.15) is 0 Å². The predicted octanol–water partition coefficient (Wildman–Crippen LogP) is 4.28. The van der Waals surface area contributed by atoms with Gasteiger partial charge in [-0.25, -0.2) is 19.2 Å². The average molecular weight is 464 g/mol. The number of likely N-dealkylation sites (tertiary alicyclic amines) is 1. The standard InChI is InChI=1S/C25H25FN4O4/c1-33-22-8-7-19(26)13-20(22)21-14-23(28-16-27-21)29-24(31)18-9-11-30(12-10-18)25(32)34-15-17-5-3-2-4-6-17/h2-8,13-14,16,18H,9-12,15H2,1H3,(H,27,28,29,31). The van der Waals surface area contributed by atoms with E-state index in [0.717, 1.165) is 5.56 Å². The summed E-state index contributed by atoms with van der Waals surface area (Å²) in [6.07, 6.45) is 1.96. The number of methoxy groups -OCH3 is 1. The maximum atomic E-state index is 13.7. The summed E-state index contributed by atoms with van der Waals surface area (Å²) in [5, 5.41) is 2.81. The highest BCUT2D eigenvalue weighted by molar-refractivity contribution is 5.92. The Morgan fingerprint density at radius 1 is 1.09 bits per heavy atom. The van der Waals surface area contributed by atoms with Crippen LogP contribution in [0.3, 0.4) is 0 Å². The van der Waals surface area contributed by atoms with Crippen molar-refractivity contribution in [3.8, 4) is 17.0 Å². The molecule has 0 aliphatic carbocycles. The van der Waals surface area contributed by atoms with Gasteiger partial charge in [0, 0.05) is 30.6 Å². The molecule has 1 aliphatic rings. The third-order valence-electron chi connectivity index (χ3n) is 5.68. The van der Waals surface area contributed by atoms with Crippen LogP contribution in [0.2, 0.25) is 0 Å². The first-order valence-corrected chi connectivity index (χ1v) is 11.0. The van der Waals surface area contributed by atoms with Gasteiger partial charge < -0.3 is 19.7 Å². The summed E-state index contributed by atoms with van der Waals surface area (Å²) in [5.41, 5.74) is 1.81. The van der Waals surface area contributed by atoms with Gasteiger partial charge in [-0.1, -0.05) is 30.3 Å². The number of nitrogens with zero attached hydrogens (tertiary/aromatic N) is 3. The van der Waals surface area contributed by atoms with Gasteiger partial charge >= 0.3 is 6.09 Å². The molecule has 0 bridgehead atoms. The van der Waals surface area contributed by atoms with E-state index in [0.29, 0.717) is 48.8 Å². The second kappa shape index (κ2) is 10.7. The lowest BCUT2D eigenvalue weighted by atomic mass is 9.96. The molecule has 2 heterocycles. The smallest absolute Gasteiger partial charge is 0.410 e. The van der Waals surface area contributed by atoms with E-state index < -0.39 is 5.82 Å². The highest BCUT2D eigenvalue weighted by atomic mass is 19.1. The lowest BCUT2D eigenvalue weighted by Gasteiger charge is -2.30. The van der Waals surface area contributed by atoms with Crippen molar-refractivity contribution in [2.24, 2.45) is 5.92 Å². The van der Waals surface area contributed by atoms with E-state index in [2.05, 4.69) is 15.3 Å². The Morgan fingerprint density at radius 3 is 2.59 bits per heavy atom. The van der Waals surface area contributed by atoms with Crippen molar-refractivity contribution in [1.82, 2.24) is 14.9 Å². The maximum absolute atomic E-state index is 13.7. The summed E-state index contributed by atoms with van der Waals surface area (Å²) in [5.74, 6) is -0.0996. The van der Waals surface area contributed by atoms with E-state index in [1.54, 1.807) is 11.0 Å². The van der Waals surface area contributed by atoms with Crippen molar-refractivity contribution < 1.29 is 23.5 Å². The van der Waals surface area contributed by atoms with Crippen LogP contribution in [0, 0.1) is 11.7 Å². The number of ether oxygens (including phenoxy) is 2. The molecule has 1 aliphatic heterocycles. The normalized spacial score (nSPS) is 13.9. The van der Waals surface area contributed by atoms with Gasteiger partial charge in [0.25, 0.3) is 0 Å². The molecule has 34 heavy (non-hydrogen) atoms. The number of carbonyl (C=O) groups is 2. The number of aromatic nitrogens is 2. The maximum Gasteiger partial charge on any atom is 0.410 e. The van der Waals surface area contributed by atoms with Crippen LogP contribution >= 0.6 is 0 Å². The number of nitrogens with one attached hydrogen (secondary N) is 1. The number of benzene rings is 2. The van der Waals surface area contributed by atoms with E-state index in [1.165, 1.54) is 31.6 Å². The molecular weight excluding hydrogens is 439 g/mol. The number of hydrogen-bond donors (Lipinski definition) is 1. The summed E-state index contributed by atoms with van der Waals surface area (Å²) in [6.45, 7) is 1.08. The highest BCUT2D eigenvalue weighted by Crippen LogP contribution is 2.30. The summed E-state index contributed by atoms with van der Waals surface area (Å²) in [7, 11) is 1.49. The highest BCUT2D eigenvalue weighted by Gasteiger charge is 2.28. The Hall–Kier alpha value is -4.01. The number of carbonyl (C=O) groups excluding carboxylic acids is 2. The molecule has 3 aromatic rings. The minimum absolute atomic E-state index is 0.187. The molecule has 0 spiro atoms. The Morgan fingerprint density at radius 2 is 1.85 bits per heavy atom. The molecule has 2 aromatic carbocycles. The SMILES string of the molecule is COc1ccc(F)cc1-c1cc(NC(=O)C2CCN(C(=O)OCc3ccccc3)CC2)ncn1. The Kier molecular flexibility index (Phi) is 7.31. The number of anilines is 1. The molecule has 1 N–H and O–H groups in total. The van der Waals surface area contributed by atoms with Crippen molar-refractivity contribution in [2.45, 2.75) is 19.4 Å². The minimum Gasteiger partial charge on any atom is -0.496 e. The minimum atomic E-state index is -0.422. The Labute approximate surface area is 196 Å². The first-order valence-electron chi connectivity index (χ1n) is 11.0. The third-order valence-corrected chi connectivity index (χ3v) is 5.68. The zero-order valence-electron chi connectivity index (χ0n) is 18.7. The number of hydrogen-bond acceptors (Lipinski definition) is 6. The lowest BCUT2D eigenvalue weighted by molar-refractivity contribution is -0.121. The van der Waals surface area contributed by atoms with Gasteiger partial charge in [-0.15, -0.1) is 0 Å². The largest absolute Gasteiger partial charge is 0.496 e. The predicted molar refractivity (Wildman–Crippen MR) is 124 cm³/mol. The van der Waals surface area contributed by atoms with E-state index in [4.69, 9.17) is 9.47 Å². The molecular formula is C25H25FN4O4. The van der Waals surface area contributed by atoms with E-state index in [-0.39, 0.29) is 24.5 Å². The van der Waals surface area contributed by atoms with E-state index in [9.17, 15) is 14.0 Å². The average Bonchev–Trinajstić information content (AvgIpc) is 2.88. The van der Waals surface area contributed by atoms with Crippen molar-refractivity contribution in [3.63, 3.8) is 0 Å². The van der Waals surface area contributed by atoms with Gasteiger partial charge in [-0.3, -0.25) is 4.79 Å². The number of rotatable bonds is 6. The van der Waals surface area contributed by atoms with Crippen LogP contribution in [0.15, 0.2) is 60.9 Å². The van der Waals surface area contributed by atoms with Crippen molar-refractivity contribution >= 4 is 17.8 Å². The van der Waals surface area contributed by atoms with Crippen LogP contribution in [-0.2, 0) is 16.1 Å². The van der Waals surface area contributed by atoms with Gasteiger partial charge in [0.1, 0.15) is 30.3 Å². The first kappa shape index (κ1) is 23.2. The number of amides is 2. The number of halogens is 1. The fourth-order valence-electron chi connectivity index (χ4n) is 3.82. The lowest BCUT2D eigenvalue weighted by Crippen LogP contribution is -2.41. The Balaban J connectivity index is 1.32. The zero-order chi connectivity index (χ0) is 23.9. The summed E-state index contributed by atoms with van der Waals surface area (Å²) in [4.78, 5) is 35.0. The van der Waals surface area contributed by atoms with Crippen LogP contribution < -0.4 is 10.1 Å². The van der Waals surface area contributed by atoms with Gasteiger partial charge in [0.05, 0.1) is 12.8 Å². The topological polar surface area (TPSA) is 93.7 Å². The molecule has 0 radical (unpaired) electrons. The molecule has 0 saturated carbocycles. The van der Waals surface area contributed by atoms with Crippen LogP contribution in [0.25, 0.3) is 11.3 Å². The molecule has 8 nitrogen and oxygen atoms in total. The van der Waals surface area contributed by atoms with Gasteiger partial charge in [0.15, 0.2) is 0 Å². The fraction of sp³-hybridized carbons (Fsp3) is 0.280. The molecule has 4 rings (SSSR count). The summed E-state index contributed by atoms with van der Waals surface area (Å²) >= 11 is 0. The Bertz CT molecular complexity index is 1150. The van der Waals surface area contributed by atoms with E-state index in [1.807, 2.05) is 30.3 Å². The zero-order valence-corrected chi connectivity index (χ0v) is 18.7. The summed E-state index contributed by atoms with van der Waals surface area (Å²) in [6, 6.07) is 15.2. The fourth-order valence-corrected chi connectivity index (χ4v) is 3.82. The van der Waals surface area contributed by atoms with Crippen LogP contribution in [0.5, 0.6) is 5.75 Å². The van der Waals surface area contributed by atoms with Crippen molar-refractivity contribution in [1.29, 1.82) is 0 Å². The van der Waals surface area contributed by atoms with Crippen LogP contribution in [-0.4, -0.2) is 47.1 Å². The second-order valence-corrected chi connectivity index (χ2v) is 7.92. The molecule has 1 aromatic heterocycles. The monoisotopic (exact) mass is 464 g/mol. The molecule has 176 valence electrons. The van der Waals surface area contributed by atoms with Gasteiger partial charge in [0.2, 0.25) is 5.91 Å². The van der Waals surface area contributed by atoms with Crippen molar-refractivity contribution in [2.75, 3.05) is 25.5 Å². The second-order valence-electron chi connectivity index (χ2n) is 7.92. The van der Waals surface area contributed by atoms with Crippen molar-refractivity contribution in [3.05, 3.63) is 72.3 Å². The summed E-state index contributed by atoms with van der Waals surface area (Å²) < 4.78 is 24.4. The van der Waals surface area contributed by atoms with Crippen LogP contribution in [0.4, 0.5) is 15.0 Å². The molecule has 2 amide bonds. The molecule has 1 saturated heterocycles. The van der Waals surface area contributed by atoms with Crippen LogP contribution in [0.1, 0.15) is 18.4 Å². The molecule has 1 fully saturated rings. The first-order chi connectivity index (χ1) is 16.5. The quantitative estimate of drug-likeness (QED) is 0.585. The van der Waals surface area contributed by atoms with E-state index >= 15 is 0 Å². The number of piperidine rings is 1. The molecule has 9 heteroatoms. The third kappa shape index (κ3) is 5.67. The molecule has 0 unspecified atom stereocenters. The molecule has 0 atom stereocenters.